The van der Waals surface area contributed by atoms with Gasteiger partial charge in [0.1, 0.15) is 17.3 Å². The van der Waals surface area contributed by atoms with Gasteiger partial charge >= 0.3 is 0 Å². The van der Waals surface area contributed by atoms with Crippen LogP contribution in [0.4, 0.5) is 9.52 Å². The SMILES string of the molecule is O=C(/C=C/c1ccccc1)C1=C(O)C(=O)N(c2nnc(SCc3ccc(F)cc3)s2)C1c1cccc(Oc2ccccc2)c1. The number of carbonyl (C=O) groups is 2. The molecule has 1 aliphatic rings. The maximum absolute atomic E-state index is 13.6. The van der Waals surface area contributed by atoms with Crippen molar-refractivity contribution in [3.8, 4) is 11.5 Å². The number of carbonyl (C=O) groups excluding carboxylic acids is 2. The Balaban J connectivity index is 1.33. The van der Waals surface area contributed by atoms with E-state index in [1.807, 2.05) is 60.7 Å². The Hall–Kier alpha value is -5.06. The second-order valence-corrected chi connectivity index (χ2v) is 11.9. The predicted molar refractivity (Wildman–Crippen MR) is 169 cm³/mol. The molecule has 0 saturated carbocycles. The monoisotopic (exact) mass is 621 g/mol. The van der Waals surface area contributed by atoms with Crippen molar-refractivity contribution in [2.45, 2.75) is 16.1 Å². The molecule has 1 N–H and O–H groups in total. The Morgan fingerprint density at radius 2 is 1.64 bits per heavy atom. The molecule has 218 valence electrons. The van der Waals surface area contributed by atoms with Gasteiger partial charge in [-0.25, -0.2) is 4.39 Å². The lowest BCUT2D eigenvalue weighted by Gasteiger charge is -2.24. The van der Waals surface area contributed by atoms with E-state index in [1.54, 1.807) is 42.5 Å². The van der Waals surface area contributed by atoms with Crippen LogP contribution in [0.25, 0.3) is 6.08 Å². The summed E-state index contributed by atoms with van der Waals surface area (Å²) in [7, 11) is 0. The third-order valence-corrected chi connectivity index (χ3v) is 8.86. The number of aliphatic hydroxyl groups is 1. The minimum atomic E-state index is -0.988. The smallest absolute Gasteiger partial charge is 0.296 e. The zero-order chi connectivity index (χ0) is 30.5. The Morgan fingerprint density at radius 1 is 0.932 bits per heavy atom. The summed E-state index contributed by atoms with van der Waals surface area (Å²) in [6.45, 7) is 0. The van der Waals surface area contributed by atoms with Gasteiger partial charge in [-0.05, 0) is 59.2 Å². The van der Waals surface area contributed by atoms with Gasteiger partial charge in [-0.2, -0.15) is 0 Å². The molecule has 1 amide bonds. The van der Waals surface area contributed by atoms with Gasteiger partial charge < -0.3 is 9.84 Å². The van der Waals surface area contributed by atoms with Crippen LogP contribution in [-0.2, 0) is 15.3 Å². The van der Waals surface area contributed by atoms with Crippen molar-refractivity contribution >= 4 is 46.0 Å². The lowest BCUT2D eigenvalue weighted by atomic mass is 9.95. The van der Waals surface area contributed by atoms with Crippen LogP contribution in [0.3, 0.4) is 0 Å². The van der Waals surface area contributed by atoms with Gasteiger partial charge in [0.25, 0.3) is 5.91 Å². The highest BCUT2D eigenvalue weighted by Crippen LogP contribution is 2.44. The molecule has 0 aliphatic carbocycles. The van der Waals surface area contributed by atoms with Gasteiger partial charge in [-0.3, -0.25) is 14.5 Å². The van der Waals surface area contributed by atoms with E-state index in [0.717, 1.165) is 22.5 Å². The summed E-state index contributed by atoms with van der Waals surface area (Å²) >= 11 is 2.55. The molecule has 1 aliphatic heterocycles. The molecule has 0 saturated heterocycles. The number of ketones is 1. The fraction of sp³-hybridized carbons (Fsp3) is 0.0588. The highest BCUT2D eigenvalue weighted by molar-refractivity contribution is 8.00. The van der Waals surface area contributed by atoms with E-state index in [0.29, 0.717) is 27.2 Å². The molecule has 1 unspecified atom stereocenters. The second-order valence-electron chi connectivity index (χ2n) is 9.70. The van der Waals surface area contributed by atoms with Crippen molar-refractivity contribution in [2.75, 3.05) is 4.90 Å². The highest BCUT2D eigenvalue weighted by atomic mass is 32.2. The van der Waals surface area contributed by atoms with Crippen LogP contribution in [0, 0.1) is 5.82 Å². The fourth-order valence-corrected chi connectivity index (χ4v) is 6.48. The van der Waals surface area contributed by atoms with Crippen LogP contribution in [-0.4, -0.2) is 27.0 Å². The molecular weight excluding hydrogens is 598 g/mol. The van der Waals surface area contributed by atoms with Crippen molar-refractivity contribution in [1.82, 2.24) is 10.2 Å². The number of benzene rings is 4. The van der Waals surface area contributed by atoms with Gasteiger partial charge in [0.05, 0.1) is 11.6 Å². The number of anilines is 1. The zero-order valence-electron chi connectivity index (χ0n) is 23.0. The highest BCUT2D eigenvalue weighted by Gasteiger charge is 2.45. The molecule has 4 aromatic carbocycles. The Morgan fingerprint density at radius 3 is 2.39 bits per heavy atom. The number of amides is 1. The number of thioether (sulfide) groups is 1. The number of halogens is 1. The van der Waals surface area contributed by atoms with Crippen LogP contribution in [0.15, 0.2) is 131 Å². The Bertz CT molecular complexity index is 1860. The first kappa shape index (κ1) is 29.0. The molecule has 1 atom stereocenters. The first-order valence-electron chi connectivity index (χ1n) is 13.5. The average molecular weight is 622 g/mol. The number of hydrogen-bond acceptors (Lipinski definition) is 8. The molecule has 6 rings (SSSR count). The number of aliphatic hydroxyl groups excluding tert-OH is 1. The van der Waals surface area contributed by atoms with Crippen LogP contribution < -0.4 is 9.64 Å². The maximum atomic E-state index is 13.6. The lowest BCUT2D eigenvalue weighted by molar-refractivity contribution is -0.117. The molecule has 0 fully saturated rings. The number of rotatable bonds is 10. The lowest BCUT2D eigenvalue weighted by Crippen LogP contribution is -2.30. The number of para-hydroxylation sites is 1. The summed E-state index contributed by atoms with van der Waals surface area (Å²) in [4.78, 5) is 28.5. The molecule has 44 heavy (non-hydrogen) atoms. The third kappa shape index (κ3) is 6.46. The quantitative estimate of drug-likeness (QED) is 0.0961. The van der Waals surface area contributed by atoms with Crippen LogP contribution in [0.2, 0.25) is 0 Å². The van der Waals surface area contributed by atoms with E-state index >= 15 is 0 Å². The maximum Gasteiger partial charge on any atom is 0.296 e. The second kappa shape index (κ2) is 13.1. The summed E-state index contributed by atoms with van der Waals surface area (Å²) in [6, 6.07) is 30.7. The Kier molecular flexibility index (Phi) is 8.62. The first-order valence-corrected chi connectivity index (χ1v) is 15.3. The summed E-state index contributed by atoms with van der Waals surface area (Å²) in [5, 5.41) is 19.8. The van der Waals surface area contributed by atoms with Crippen LogP contribution in [0.5, 0.6) is 11.5 Å². The van der Waals surface area contributed by atoms with Gasteiger partial charge in [0.15, 0.2) is 15.9 Å². The minimum Gasteiger partial charge on any atom is -0.503 e. The molecule has 5 aromatic rings. The van der Waals surface area contributed by atoms with Gasteiger partial charge in [-0.15, -0.1) is 10.2 Å². The van der Waals surface area contributed by atoms with Crippen LogP contribution in [0.1, 0.15) is 22.7 Å². The standard InChI is InChI=1S/C34H24FN3O4S2/c35-25-17-14-23(15-18-25)21-43-34-37-36-33(44-34)38-30(24-10-7-13-27(20-24)42-26-11-5-2-6-12-26)29(31(40)32(38)41)28(39)19-16-22-8-3-1-4-9-22/h1-20,30,40H,21H2/b19-16+. The van der Waals surface area contributed by atoms with E-state index in [9.17, 15) is 19.1 Å². The van der Waals surface area contributed by atoms with Crippen molar-refractivity contribution in [3.63, 3.8) is 0 Å². The normalized spacial score (nSPS) is 14.9. The van der Waals surface area contributed by atoms with Gasteiger partial charge in [0, 0.05) is 5.75 Å². The number of ether oxygens (including phenoxy) is 1. The van der Waals surface area contributed by atoms with Gasteiger partial charge in [0.2, 0.25) is 5.13 Å². The molecule has 0 bridgehead atoms. The Labute approximate surface area is 261 Å². The number of aromatic nitrogens is 2. The zero-order valence-corrected chi connectivity index (χ0v) is 24.7. The van der Waals surface area contributed by atoms with E-state index < -0.39 is 23.5 Å². The number of hydrogen-bond donors (Lipinski definition) is 1. The molecule has 2 heterocycles. The number of nitrogens with zero attached hydrogens (tertiary/aromatic N) is 3. The molecule has 10 heteroatoms. The largest absolute Gasteiger partial charge is 0.503 e. The van der Waals surface area contributed by atoms with Crippen LogP contribution >= 0.6 is 23.1 Å². The number of allylic oxidation sites excluding steroid dienone is 1. The van der Waals surface area contributed by atoms with Crippen molar-refractivity contribution in [3.05, 3.63) is 149 Å². The summed E-state index contributed by atoms with van der Waals surface area (Å²) < 4.78 is 19.9. The molecule has 1 aromatic heterocycles. The third-order valence-electron chi connectivity index (χ3n) is 6.73. The topological polar surface area (TPSA) is 92.6 Å². The van der Waals surface area contributed by atoms with E-state index in [-0.39, 0.29) is 16.5 Å². The summed E-state index contributed by atoms with van der Waals surface area (Å²) in [6.07, 6.45) is 2.98. The molecule has 0 spiro atoms. The molecular formula is C34H24FN3O4S2. The van der Waals surface area contributed by atoms with Crippen molar-refractivity contribution < 1.29 is 23.8 Å². The minimum absolute atomic E-state index is 0.0743. The van der Waals surface area contributed by atoms with Crippen molar-refractivity contribution in [1.29, 1.82) is 0 Å². The summed E-state index contributed by atoms with van der Waals surface area (Å²) in [5.41, 5.74) is 2.16. The van der Waals surface area contributed by atoms with Gasteiger partial charge in [-0.1, -0.05) is 102 Å². The average Bonchev–Trinajstić information content (AvgIpc) is 3.62. The van der Waals surface area contributed by atoms with E-state index in [4.69, 9.17) is 4.74 Å². The molecule has 0 radical (unpaired) electrons. The van der Waals surface area contributed by atoms with Crippen molar-refractivity contribution in [2.24, 2.45) is 0 Å². The molecule has 7 nitrogen and oxygen atoms in total. The summed E-state index contributed by atoms with van der Waals surface area (Å²) in [5.74, 6) is -0.608. The first-order chi connectivity index (χ1) is 21.5. The van der Waals surface area contributed by atoms with E-state index in [1.165, 1.54) is 34.9 Å². The van der Waals surface area contributed by atoms with E-state index in [2.05, 4.69) is 10.2 Å². The predicted octanol–water partition coefficient (Wildman–Crippen LogP) is 7.94. The fourth-order valence-electron chi connectivity index (χ4n) is 4.65.